The average molecular weight is 330 g/mol. The van der Waals surface area contributed by atoms with Crippen LogP contribution in [0.2, 0.25) is 10.0 Å². The molecule has 5 nitrogen and oxygen atoms in total. The summed E-state index contributed by atoms with van der Waals surface area (Å²) in [7, 11) is 0. The van der Waals surface area contributed by atoms with Crippen molar-refractivity contribution < 1.29 is 9.59 Å². The lowest BCUT2D eigenvalue weighted by atomic mass is 10.2. The van der Waals surface area contributed by atoms with E-state index in [1.165, 1.54) is 18.6 Å². The number of nitrogens with zero attached hydrogens (tertiary/aromatic N) is 1. The van der Waals surface area contributed by atoms with Crippen LogP contribution < -0.4 is 10.7 Å². The van der Waals surface area contributed by atoms with Gasteiger partial charge in [0, 0.05) is 18.1 Å². The Kier molecular flexibility index (Phi) is 5.85. The Morgan fingerprint density at radius 2 is 1.86 bits per heavy atom. The van der Waals surface area contributed by atoms with Gasteiger partial charge >= 0.3 is 0 Å². The highest BCUT2D eigenvalue weighted by Crippen LogP contribution is 2.20. The molecule has 1 fully saturated rings. The van der Waals surface area contributed by atoms with Crippen LogP contribution in [0, 0.1) is 0 Å². The van der Waals surface area contributed by atoms with Gasteiger partial charge in [-0.25, -0.2) is 5.01 Å². The van der Waals surface area contributed by atoms with Crippen LogP contribution in [-0.4, -0.2) is 36.5 Å². The van der Waals surface area contributed by atoms with E-state index in [9.17, 15) is 9.59 Å². The van der Waals surface area contributed by atoms with E-state index in [0.717, 1.165) is 25.9 Å². The van der Waals surface area contributed by atoms with Gasteiger partial charge in [0.15, 0.2) is 0 Å². The molecule has 1 heterocycles. The largest absolute Gasteiger partial charge is 0.343 e. The zero-order valence-corrected chi connectivity index (χ0v) is 13.0. The first-order chi connectivity index (χ1) is 10.1. The first-order valence-corrected chi connectivity index (χ1v) is 7.59. The number of carbonyl (C=O) groups is 2. The molecular weight excluding hydrogens is 313 g/mol. The van der Waals surface area contributed by atoms with Crippen molar-refractivity contribution >= 4 is 35.0 Å². The molecule has 1 saturated heterocycles. The van der Waals surface area contributed by atoms with Crippen LogP contribution in [0.1, 0.15) is 29.6 Å². The number of benzene rings is 1. The molecule has 21 heavy (non-hydrogen) atoms. The molecule has 7 heteroatoms. The Balaban J connectivity index is 1.81. The van der Waals surface area contributed by atoms with Crippen LogP contribution in [0.5, 0.6) is 0 Å². The number of nitrogens with one attached hydrogen (secondary N) is 2. The van der Waals surface area contributed by atoms with Crippen molar-refractivity contribution in [2.24, 2.45) is 0 Å². The first-order valence-electron chi connectivity index (χ1n) is 6.84. The minimum atomic E-state index is -0.398. The third kappa shape index (κ3) is 4.88. The van der Waals surface area contributed by atoms with Gasteiger partial charge in [-0.3, -0.25) is 15.0 Å². The fraction of sp³-hybridized carbons (Fsp3) is 0.429. The normalized spacial score (nSPS) is 15.5. The molecule has 1 aromatic carbocycles. The number of carbonyl (C=O) groups excluding carboxylic acids is 2. The molecule has 2 N–H and O–H groups in total. The molecule has 2 amide bonds. The van der Waals surface area contributed by atoms with Gasteiger partial charge in [0.1, 0.15) is 0 Å². The maximum absolute atomic E-state index is 11.9. The van der Waals surface area contributed by atoms with E-state index in [2.05, 4.69) is 10.7 Å². The minimum Gasteiger partial charge on any atom is -0.343 e. The van der Waals surface area contributed by atoms with Crippen LogP contribution in [0.25, 0.3) is 0 Å². The number of hydrogen-bond donors (Lipinski definition) is 2. The van der Waals surface area contributed by atoms with Crippen molar-refractivity contribution in [3.63, 3.8) is 0 Å². The lowest BCUT2D eigenvalue weighted by Gasteiger charge is -2.26. The smallest absolute Gasteiger partial charge is 0.253 e. The standard InChI is InChI=1S/C14H17Cl2N3O2/c15-10-4-5-11(12(16)8-10)14(21)17-9-13(20)18-19-6-2-1-3-7-19/h4-5,8H,1-3,6-7,9H2,(H,17,21)(H,18,20). The molecule has 0 bridgehead atoms. The summed E-state index contributed by atoms with van der Waals surface area (Å²) >= 11 is 11.7. The molecule has 0 unspecified atom stereocenters. The predicted octanol–water partition coefficient (Wildman–Crippen LogP) is 2.24. The van der Waals surface area contributed by atoms with Gasteiger partial charge in [0.25, 0.3) is 11.8 Å². The summed E-state index contributed by atoms with van der Waals surface area (Å²) in [6.07, 6.45) is 3.35. The highest BCUT2D eigenvalue weighted by atomic mass is 35.5. The second-order valence-electron chi connectivity index (χ2n) is 4.89. The third-order valence-electron chi connectivity index (χ3n) is 3.22. The maximum atomic E-state index is 11.9. The zero-order valence-electron chi connectivity index (χ0n) is 11.5. The number of rotatable bonds is 4. The highest BCUT2D eigenvalue weighted by Gasteiger charge is 2.15. The van der Waals surface area contributed by atoms with Gasteiger partial charge in [-0.05, 0) is 31.0 Å². The molecule has 1 aromatic rings. The van der Waals surface area contributed by atoms with Crippen LogP contribution in [-0.2, 0) is 4.79 Å². The molecule has 114 valence electrons. The SMILES string of the molecule is O=C(CNC(=O)c1ccc(Cl)cc1Cl)NN1CCCCC1. The summed E-state index contributed by atoms with van der Waals surface area (Å²) in [6, 6.07) is 4.60. The summed E-state index contributed by atoms with van der Waals surface area (Å²) in [4.78, 5) is 23.7. The molecule has 0 atom stereocenters. The molecule has 2 rings (SSSR count). The van der Waals surface area contributed by atoms with Crippen molar-refractivity contribution in [2.75, 3.05) is 19.6 Å². The van der Waals surface area contributed by atoms with Gasteiger partial charge in [-0.15, -0.1) is 0 Å². The van der Waals surface area contributed by atoms with Crippen LogP contribution in [0.3, 0.4) is 0 Å². The Morgan fingerprint density at radius 1 is 1.14 bits per heavy atom. The third-order valence-corrected chi connectivity index (χ3v) is 3.77. The van der Waals surface area contributed by atoms with E-state index in [4.69, 9.17) is 23.2 Å². The van der Waals surface area contributed by atoms with Crippen molar-refractivity contribution in [1.29, 1.82) is 0 Å². The summed E-state index contributed by atoms with van der Waals surface area (Å²) in [5, 5.41) is 5.14. The first kappa shape index (κ1) is 16.1. The highest BCUT2D eigenvalue weighted by molar-refractivity contribution is 6.36. The second kappa shape index (κ2) is 7.64. The quantitative estimate of drug-likeness (QED) is 0.890. The Labute approximate surface area is 133 Å². The monoisotopic (exact) mass is 329 g/mol. The Bertz CT molecular complexity index is 531. The Morgan fingerprint density at radius 3 is 2.52 bits per heavy atom. The molecule has 0 aromatic heterocycles. The van der Waals surface area contributed by atoms with Crippen molar-refractivity contribution in [3.8, 4) is 0 Å². The minimum absolute atomic E-state index is 0.0890. The van der Waals surface area contributed by atoms with Crippen LogP contribution in [0.15, 0.2) is 18.2 Å². The van der Waals surface area contributed by atoms with E-state index in [1.54, 1.807) is 6.07 Å². The molecule has 0 spiro atoms. The molecule has 0 saturated carbocycles. The van der Waals surface area contributed by atoms with Gasteiger partial charge in [-0.1, -0.05) is 29.6 Å². The van der Waals surface area contributed by atoms with Gasteiger partial charge < -0.3 is 5.32 Å². The Hall–Kier alpha value is -1.30. The number of amides is 2. The van der Waals surface area contributed by atoms with Crippen molar-refractivity contribution in [2.45, 2.75) is 19.3 Å². The summed E-state index contributed by atoms with van der Waals surface area (Å²) in [6.45, 7) is 1.61. The van der Waals surface area contributed by atoms with Crippen molar-refractivity contribution in [3.05, 3.63) is 33.8 Å². The van der Waals surface area contributed by atoms with Gasteiger partial charge in [-0.2, -0.15) is 0 Å². The zero-order chi connectivity index (χ0) is 15.2. The fourth-order valence-electron chi connectivity index (χ4n) is 2.15. The second-order valence-corrected chi connectivity index (χ2v) is 5.73. The van der Waals surface area contributed by atoms with Crippen LogP contribution >= 0.6 is 23.2 Å². The number of hydrogen-bond acceptors (Lipinski definition) is 3. The lowest BCUT2D eigenvalue weighted by Crippen LogP contribution is -2.48. The average Bonchev–Trinajstić information content (AvgIpc) is 2.46. The van der Waals surface area contributed by atoms with E-state index >= 15 is 0 Å². The molecule has 1 aliphatic rings. The van der Waals surface area contributed by atoms with E-state index < -0.39 is 5.91 Å². The van der Waals surface area contributed by atoms with E-state index in [0.29, 0.717) is 10.6 Å². The van der Waals surface area contributed by atoms with Crippen LogP contribution in [0.4, 0.5) is 0 Å². The molecule has 1 aliphatic heterocycles. The van der Waals surface area contributed by atoms with Crippen molar-refractivity contribution in [1.82, 2.24) is 15.8 Å². The van der Waals surface area contributed by atoms with Gasteiger partial charge in [0.2, 0.25) is 0 Å². The molecule has 0 radical (unpaired) electrons. The lowest BCUT2D eigenvalue weighted by molar-refractivity contribution is -0.125. The summed E-state index contributed by atoms with van der Waals surface area (Å²) < 4.78 is 0. The van der Waals surface area contributed by atoms with E-state index in [-0.39, 0.29) is 17.5 Å². The molecule has 0 aliphatic carbocycles. The summed E-state index contributed by atoms with van der Waals surface area (Å²) in [5.41, 5.74) is 3.07. The van der Waals surface area contributed by atoms with E-state index in [1.807, 2.05) is 5.01 Å². The topological polar surface area (TPSA) is 61.4 Å². The molecular formula is C14H17Cl2N3O2. The maximum Gasteiger partial charge on any atom is 0.253 e. The van der Waals surface area contributed by atoms with Gasteiger partial charge in [0.05, 0.1) is 17.1 Å². The fourth-order valence-corrected chi connectivity index (χ4v) is 2.65. The number of hydrazine groups is 1. The number of piperidine rings is 1. The predicted molar refractivity (Wildman–Crippen MR) is 82.4 cm³/mol. The summed E-state index contributed by atoms with van der Waals surface area (Å²) in [5.74, 6) is -0.638. The number of halogens is 2.